The predicted molar refractivity (Wildman–Crippen MR) is 132 cm³/mol. The number of hydrogen-bond donors (Lipinski definition) is 3. The number of nitrogens with one attached hydrogen (secondary N) is 3. The maximum Gasteiger partial charge on any atom is 0.272 e. The van der Waals surface area contributed by atoms with Crippen LogP contribution in [0.5, 0.6) is 0 Å². The van der Waals surface area contributed by atoms with Gasteiger partial charge in [-0.1, -0.05) is 29.8 Å². The predicted octanol–water partition coefficient (Wildman–Crippen LogP) is 3.20. The Morgan fingerprint density at radius 3 is 2.76 bits per heavy atom. The molecule has 0 unspecified atom stereocenters. The summed E-state index contributed by atoms with van der Waals surface area (Å²) in [7, 11) is 0. The van der Waals surface area contributed by atoms with Gasteiger partial charge in [-0.05, 0) is 30.7 Å². The summed E-state index contributed by atoms with van der Waals surface area (Å²) in [4.78, 5) is 31.4. The third-order valence-corrected chi connectivity index (χ3v) is 5.37. The average Bonchev–Trinajstić information content (AvgIpc) is 3.29. The summed E-state index contributed by atoms with van der Waals surface area (Å²) in [5, 5.41) is 7.16. The van der Waals surface area contributed by atoms with E-state index >= 15 is 0 Å². The number of carbonyl (C=O) groups excluding carboxylic acids is 1. The van der Waals surface area contributed by atoms with Crippen LogP contribution in [0.15, 0.2) is 60.0 Å². The minimum absolute atomic E-state index is 0.274. The molecule has 0 saturated carbocycles. The van der Waals surface area contributed by atoms with Gasteiger partial charge in [0.1, 0.15) is 11.2 Å². The second kappa shape index (κ2) is 9.67. The zero-order valence-electron chi connectivity index (χ0n) is 18.7. The van der Waals surface area contributed by atoms with Crippen LogP contribution in [-0.4, -0.2) is 58.4 Å². The third kappa shape index (κ3) is 4.86. The molecule has 1 aromatic carbocycles. The van der Waals surface area contributed by atoms with Crippen molar-refractivity contribution in [2.24, 2.45) is 5.10 Å². The number of aryl methyl sites for hydroxylation is 1. The molecule has 0 aliphatic carbocycles. The number of nitrogens with zero attached hydrogens (tertiary/aromatic N) is 5. The van der Waals surface area contributed by atoms with Crippen molar-refractivity contribution < 1.29 is 9.53 Å². The Hall–Kier alpha value is -4.31. The highest BCUT2D eigenvalue weighted by atomic mass is 16.5. The molecule has 3 aromatic heterocycles. The average molecular weight is 457 g/mol. The van der Waals surface area contributed by atoms with E-state index in [2.05, 4.69) is 35.7 Å². The van der Waals surface area contributed by atoms with Crippen LogP contribution < -0.4 is 15.6 Å². The van der Waals surface area contributed by atoms with Gasteiger partial charge in [0.25, 0.3) is 5.91 Å². The number of aromatic amines is 1. The van der Waals surface area contributed by atoms with Gasteiger partial charge in [-0.25, -0.2) is 10.4 Å². The maximum atomic E-state index is 12.8. The topological polar surface area (TPSA) is 120 Å². The molecule has 0 atom stereocenters. The molecule has 1 aliphatic rings. The molecule has 1 aliphatic heterocycles. The molecule has 4 heterocycles. The molecule has 172 valence electrons. The number of pyridine rings is 1. The molecule has 1 amide bonds. The van der Waals surface area contributed by atoms with Gasteiger partial charge in [-0.3, -0.25) is 9.78 Å². The largest absolute Gasteiger partial charge is 0.378 e. The molecule has 10 nitrogen and oxygen atoms in total. The van der Waals surface area contributed by atoms with Crippen LogP contribution in [-0.2, 0) is 4.74 Å². The van der Waals surface area contributed by atoms with Crippen molar-refractivity contribution >= 4 is 40.6 Å². The van der Waals surface area contributed by atoms with Crippen LogP contribution in [0.3, 0.4) is 0 Å². The molecule has 0 radical (unpaired) electrons. The van der Waals surface area contributed by atoms with Crippen LogP contribution in [0, 0.1) is 6.92 Å². The SMILES string of the molecule is Cc1cccc(/C=N/Nc2nc(N3CCOCC3)c3[nH]c(C(=O)Nc4ccncc4)cc3n2)c1. The summed E-state index contributed by atoms with van der Waals surface area (Å²) >= 11 is 0. The quantitative estimate of drug-likeness (QED) is 0.301. The summed E-state index contributed by atoms with van der Waals surface area (Å²) in [5.74, 6) is 0.770. The lowest BCUT2D eigenvalue weighted by Crippen LogP contribution is -2.37. The van der Waals surface area contributed by atoms with Crippen molar-refractivity contribution in [3.05, 3.63) is 71.7 Å². The summed E-state index contributed by atoms with van der Waals surface area (Å²) in [6.45, 7) is 4.63. The summed E-state index contributed by atoms with van der Waals surface area (Å²) in [6, 6.07) is 13.2. The standard InChI is InChI=1S/C24H24N8O2/c1-16-3-2-4-17(13-16)15-26-31-24-29-19-14-20(23(33)27-18-5-7-25-8-6-18)28-21(19)22(30-24)32-9-11-34-12-10-32/h2-8,13-15,28H,9-12H2,1H3,(H,25,27,33)(H,29,30,31)/b26-15+. The Labute approximate surface area is 196 Å². The first-order chi connectivity index (χ1) is 16.7. The van der Waals surface area contributed by atoms with E-state index in [4.69, 9.17) is 9.72 Å². The van der Waals surface area contributed by atoms with E-state index in [1.54, 1.807) is 36.8 Å². The monoisotopic (exact) mass is 456 g/mol. The highest BCUT2D eigenvalue weighted by Crippen LogP contribution is 2.27. The summed E-state index contributed by atoms with van der Waals surface area (Å²) in [6.07, 6.45) is 4.97. The fourth-order valence-electron chi connectivity index (χ4n) is 3.72. The lowest BCUT2D eigenvalue weighted by atomic mass is 10.2. The minimum Gasteiger partial charge on any atom is -0.378 e. The molecule has 4 aromatic rings. The van der Waals surface area contributed by atoms with E-state index in [1.807, 2.05) is 31.2 Å². The molecule has 1 saturated heterocycles. The number of rotatable bonds is 6. The number of hydrazone groups is 1. The zero-order valence-corrected chi connectivity index (χ0v) is 18.7. The number of aromatic nitrogens is 4. The van der Waals surface area contributed by atoms with E-state index in [0.29, 0.717) is 60.5 Å². The lowest BCUT2D eigenvalue weighted by molar-refractivity contribution is 0.102. The van der Waals surface area contributed by atoms with Crippen LogP contribution in [0.4, 0.5) is 17.5 Å². The number of carbonyl (C=O) groups is 1. The highest BCUT2D eigenvalue weighted by Gasteiger charge is 2.21. The molecule has 1 fully saturated rings. The summed E-state index contributed by atoms with van der Waals surface area (Å²) < 4.78 is 5.49. The normalized spacial score (nSPS) is 14.0. The van der Waals surface area contributed by atoms with Gasteiger partial charge in [0.05, 0.1) is 24.9 Å². The van der Waals surface area contributed by atoms with Crippen molar-refractivity contribution in [2.75, 3.05) is 41.9 Å². The van der Waals surface area contributed by atoms with E-state index in [-0.39, 0.29) is 5.91 Å². The number of H-pyrrole nitrogens is 1. The number of amides is 1. The molecule has 34 heavy (non-hydrogen) atoms. The number of morpholine rings is 1. The first-order valence-corrected chi connectivity index (χ1v) is 11.0. The number of fused-ring (bicyclic) bond motifs is 1. The number of benzene rings is 1. The van der Waals surface area contributed by atoms with Gasteiger partial charge in [-0.2, -0.15) is 10.1 Å². The van der Waals surface area contributed by atoms with Crippen molar-refractivity contribution in [2.45, 2.75) is 6.92 Å². The van der Waals surface area contributed by atoms with Gasteiger partial charge < -0.3 is 19.9 Å². The Kier molecular flexibility index (Phi) is 6.13. The van der Waals surface area contributed by atoms with Gasteiger partial charge in [0, 0.05) is 31.2 Å². The Morgan fingerprint density at radius 1 is 1.15 bits per heavy atom. The fraction of sp³-hybridized carbons (Fsp3) is 0.208. The summed E-state index contributed by atoms with van der Waals surface area (Å²) in [5.41, 5.74) is 7.40. The molecule has 10 heteroatoms. The van der Waals surface area contributed by atoms with Gasteiger partial charge >= 0.3 is 0 Å². The first-order valence-electron chi connectivity index (χ1n) is 11.0. The minimum atomic E-state index is -0.274. The first kappa shape index (κ1) is 21.5. The number of anilines is 3. The zero-order chi connectivity index (χ0) is 23.3. The molecular weight excluding hydrogens is 432 g/mol. The van der Waals surface area contributed by atoms with E-state index in [1.165, 1.54) is 0 Å². The van der Waals surface area contributed by atoms with Crippen molar-refractivity contribution in [3.63, 3.8) is 0 Å². The van der Waals surface area contributed by atoms with Crippen molar-refractivity contribution in [3.8, 4) is 0 Å². The molecule has 3 N–H and O–H groups in total. The van der Waals surface area contributed by atoms with E-state index in [0.717, 1.165) is 11.1 Å². The lowest BCUT2D eigenvalue weighted by Gasteiger charge is -2.28. The smallest absolute Gasteiger partial charge is 0.272 e. The van der Waals surface area contributed by atoms with Crippen molar-refractivity contribution in [1.82, 2.24) is 19.9 Å². The van der Waals surface area contributed by atoms with Crippen LogP contribution in [0.25, 0.3) is 11.0 Å². The molecule has 0 bridgehead atoms. The van der Waals surface area contributed by atoms with Crippen molar-refractivity contribution in [1.29, 1.82) is 0 Å². The Morgan fingerprint density at radius 2 is 1.97 bits per heavy atom. The molecule has 0 spiro atoms. The van der Waals surface area contributed by atoms with Gasteiger partial charge in [0.2, 0.25) is 5.95 Å². The Bertz CT molecular complexity index is 1330. The van der Waals surface area contributed by atoms with Crippen LogP contribution in [0.2, 0.25) is 0 Å². The molecular formula is C24H24N8O2. The number of hydrogen-bond acceptors (Lipinski definition) is 8. The maximum absolute atomic E-state index is 12.8. The second-order valence-electron chi connectivity index (χ2n) is 7.89. The van der Waals surface area contributed by atoms with E-state index < -0.39 is 0 Å². The van der Waals surface area contributed by atoms with Gasteiger partial charge in [-0.15, -0.1) is 0 Å². The molecule has 5 rings (SSSR count). The van der Waals surface area contributed by atoms with Gasteiger partial charge in [0.15, 0.2) is 5.82 Å². The Balaban J connectivity index is 1.45. The van der Waals surface area contributed by atoms with Crippen LogP contribution >= 0.6 is 0 Å². The van der Waals surface area contributed by atoms with Crippen LogP contribution in [0.1, 0.15) is 21.6 Å². The third-order valence-electron chi connectivity index (χ3n) is 5.37. The number of ether oxygens (including phenoxy) is 1. The fourth-order valence-corrected chi connectivity index (χ4v) is 3.72. The second-order valence-corrected chi connectivity index (χ2v) is 7.89. The van der Waals surface area contributed by atoms with E-state index in [9.17, 15) is 4.79 Å². The highest BCUT2D eigenvalue weighted by molar-refractivity contribution is 6.06.